The van der Waals surface area contributed by atoms with Gasteiger partial charge in [-0.05, 0) is 44.7 Å². The average molecular weight is 399 g/mol. The van der Waals surface area contributed by atoms with Crippen LogP contribution in [0.2, 0.25) is 0 Å². The summed E-state index contributed by atoms with van der Waals surface area (Å²) in [5.41, 5.74) is 1.50. The number of ketones is 1. The number of anilines is 1. The lowest BCUT2D eigenvalue weighted by molar-refractivity contribution is 0.0371. The van der Waals surface area contributed by atoms with Crippen LogP contribution < -0.4 is 5.32 Å². The highest BCUT2D eigenvalue weighted by atomic mass is 16.5. The molecule has 7 nitrogen and oxygen atoms in total. The minimum absolute atomic E-state index is 0.162. The van der Waals surface area contributed by atoms with Gasteiger partial charge in [0.15, 0.2) is 5.78 Å². The second-order valence-electron chi connectivity index (χ2n) is 8.10. The highest BCUT2D eigenvalue weighted by molar-refractivity contribution is 5.99. The topological polar surface area (TPSA) is 87.6 Å². The molecule has 1 aromatic heterocycles. The number of ether oxygens (including phenoxy) is 1. The van der Waals surface area contributed by atoms with E-state index in [2.05, 4.69) is 20.2 Å². The second-order valence-corrected chi connectivity index (χ2v) is 8.10. The fourth-order valence-corrected chi connectivity index (χ4v) is 4.10. The number of aliphatic hydroxyl groups excluding tert-OH is 1. The quantitative estimate of drug-likeness (QED) is 0.693. The van der Waals surface area contributed by atoms with Crippen molar-refractivity contribution in [2.75, 3.05) is 38.2 Å². The van der Waals surface area contributed by atoms with Crippen LogP contribution >= 0.6 is 0 Å². The largest absolute Gasteiger partial charge is 0.393 e. The van der Waals surface area contributed by atoms with Crippen LogP contribution in [-0.4, -0.2) is 70.8 Å². The summed E-state index contributed by atoms with van der Waals surface area (Å²) in [6.07, 6.45) is 6.50. The van der Waals surface area contributed by atoms with Gasteiger partial charge in [0.05, 0.1) is 24.8 Å². The monoisotopic (exact) mass is 398 g/mol. The Morgan fingerprint density at radius 3 is 2.79 bits per heavy atom. The minimum Gasteiger partial charge on any atom is -0.393 e. The maximum atomic E-state index is 12.6. The maximum Gasteiger partial charge on any atom is 0.223 e. The molecule has 1 aliphatic carbocycles. The Balaban J connectivity index is 1.36. The molecule has 2 N–H and O–H groups in total. The number of Topliss-reactive ketones (excluding diaryl/α,β-unsaturated/α-hetero) is 1. The van der Waals surface area contributed by atoms with Crippen molar-refractivity contribution in [1.82, 2.24) is 14.9 Å². The van der Waals surface area contributed by atoms with Gasteiger partial charge in [0.25, 0.3) is 0 Å². The van der Waals surface area contributed by atoms with Gasteiger partial charge in [-0.15, -0.1) is 0 Å². The van der Waals surface area contributed by atoms with Gasteiger partial charge in [0.1, 0.15) is 0 Å². The number of hydrogen-bond donors (Lipinski definition) is 2. The van der Waals surface area contributed by atoms with Gasteiger partial charge in [-0.2, -0.15) is 0 Å². The SMILES string of the molecule is O=C(CCCN1CCOCC1)c1ccc2cnc(NC3CCC(O)CC3)nc2c1. The number of benzene rings is 1. The fraction of sp³-hybridized carbons (Fsp3) is 0.591. The van der Waals surface area contributed by atoms with E-state index in [4.69, 9.17) is 4.74 Å². The van der Waals surface area contributed by atoms with E-state index in [1.54, 1.807) is 6.20 Å². The normalized spacial score (nSPS) is 23.2. The van der Waals surface area contributed by atoms with Crippen molar-refractivity contribution in [3.05, 3.63) is 30.0 Å². The molecule has 1 saturated carbocycles. The van der Waals surface area contributed by atoms with Crippen LogP contribution in [0.3, 0.4) is 0 Å². The third-order valence-corrected chi connectivity index (χ3v) is 5.92. The molecule has 0 unspecified atom stereocenters. The van der Waals surface area contributed by atoms with Crippen molar-refractivity contribution >= 4 is 22.6 Å². The molecular formula is C22H30N4O3. The fourth-order valence-electron chi connectivity index (χ4n) is 4.10. The molecular weight excluding hydrogens is 368 g/mol. The van der Waals surface area contributed by atoms with Gasteiger partial charge in [-0.3, -0.25) is 9.69 Å². The number of nitrogens with zero attached hydrogens (tertiary/aromatic N) is 3. The Morgan fingerprint density at radius 2 is 2.00 bits per heavy atom. The van der Waals surface area contributed by atoms with Crippen molar-refractivity contribution in [2.24, 2.45) is 0 Å². The van der Waals surface area contributed by atoms with E-state index in [0.29, 0.717) is 24.0 Å². The molecule has 0 spiro atoms. The molecule has 2 fully saturated rings. The Bertz CT molecular complexity index is 830. The number of carbonyl (C=O) groups excluding carboxylic acids is 1. The van der Waals surface area contributed by atoms with Crippen LogP contribution in [-0.2, 0) is 4.74 Å². The molecule has 4 rings (SSSR count). The van der Waals surface area contributed by atoms with Gasteiger partial charge in [0.2, 0.25) is 5.95 Å². The number of hydrogen-bond acceptors (Lipinski definition) is 7. The summed E-state index contributed by atoms with van der Waals surface area (Å²) in [5, 5.41) is 14.0. The molecule has 0 atom stereocenters. The average Bonchev–Trinajstić information content (AvgIpc) is 2.75. The van der Waals surface area contributed by atoms with E-state index in [9.17, 15) is 9.90 Å². The zero-order chi connectivity index (χ0) is 20.1. The number of rotatable bonds is 7. The lowest BCUT2D eigenvalue weighted by Crippen LogP contribution is -2.36. The van der Waals surface area contributed by atoms with Crippen molar-refractivity contribution in [1.29, 1.82) is 0 Å². The number of aromatic nitrogens is 2. The number of fused-ring (bicyclic) bond motifs is 1. The zero-order valence-electron chi connectivity index (χ0n) is 16.8. The van der Waals surface area contributed by atoms with Gasteiger partial charge in [-0.25, -0.2) is 9.97 Å². The summed E-state index contributed by atoms with van der Waals surface area (Å²) in [5.74, 6) is 0.755. The first kappa shape index (κ1) is 20.2. The second kappa shape index (κ2) is 9.61. The van der Waals surface area contributed by atoms with E-state index < -0.39 is 0 Å². The maximum absolute atomic E-state index is 12.6. The van der Waals surface area contributed by atoms with Crippen molar-refractivity contribution < 1.29 is 14.6 Å². The summed E-state index contributed by atoms with van der Waals surface area (Å²) in [6.45, 7) is 4.43. The predicted molar refractivity (Wildman–Crippen MR) is 112 cm³/mol. The van der Waals surface area contributed by atoms with Gasteiger partial charge in [-0.1, -0.05) is 12.1 Å². The Labute approximate surface area is 171 Å². The molecule has 1 aromatic carbocycles. The van der Waals surface area contributed by atoms with Crippen LogP contribution in [0.1, 0.15) is 48.9 Å². The first-order chi connectivity index (χ1) is 14.2. The first-order valence-electron chi connectivity index (χ1n) is 10.7. The summed E-state index contributed by atoms with van der Waals surface area (Å²) >= 11 is 0. The molecule has 1 saturated heterocycles. The third kappa shape index (κ3) is 5.50. The molecule has 0 amide bonds. The van der Waals surface area contributed by atoms with E-state index in [0.717, 1.165) is 75.9 Å². The first-order valence-corrected chi connectivity index (χ1v) is 10.7. The molecule has 156 valence electrons. The van der Waals surface area contributed by atoms with E-state index in [1.807, 2.05) is 18.2 Å². The summed E-state index contributed by atoms with van der Waals surface area (Å²) in [6, 6.07) is 5.97. The van der Waals surface area contributed by atoms with Crippen molar-refractivity contribution in [3.8, 4) is 0 Å². The van der Waals surface area contributed by atoms with Gasteiger partial charge >= 0.3 is 0 Å². The number of morpholine rings is 1. The minimum atomic E-state index is -0.178. The van der Waals surface area contributed by atoms with Crippen LogP contribution in [0.4, 0.5) is 5.95 Å². The molecule has 2 aliphatic rings. The number of aliphatic hydroxyl groups is 1. The van der Waals surface area contributed by atoms with Crippen LogP contribution in [0.25, 0.3) is 10.9 Å². The summed E-state index contributed by atoms with van der Waals surface area (Å²) in [7, 11) is 0. The van der Waals surface area contributed by atoms with Crippen LogP contribution in [0.15, 0.2) is 24.4 Å². The molecule has 0 bridgehead atoms. The molecule has 0 radical (unpaired) electrons. The van der Waals surface area contributed by atoms with Gasteiger partial charge < -0.3 is 15.2 Å². The number of nitrogens with one attached hydrogen (secondary N) is 1. The predicted octanol–water partition coefficient (Wildman–Crippen LogP) is 2.64. The summed E-state index contributed by atoms with van der Waals surface area (Å²) in [4.78, 5) is 24.0. The van der Waals surface area contributed by atoms with Crippen LogP contribution in [0, 0.1) is 0 Å². The standard InChI is InChI=1S/C22H30N4O3/c27-19-7-5-18(6-8-19)24-22-23-15-17-4-3-16(14-20(17)25-22)21(28)2-1-9-26-10-12-29-13-11-26/h3-4,14-15,18-19,27H,1-2,5-13H2,(H,23,24,25). The third-order valence-electron chi connectivity index (χ3n) is 5.92. The number of carbonyl (C=O) groups is 1. The Morgan fingerprint density at radius 1 is 1.21 bits per heavy atom. The molecule has 1 aliphatic heterocycles. The molecule has 29 heavy (non-hydrogen) atoms. The van der Waals surface area contributed by atoms with Gasteiger partial charge in [0, 0.05) is 42.7 Å². The highest BCUT2D eigenvalue weighted by Crippen LogP contribution is 2.22. The molecule has 2 heterocycles. The van der Waals surface area contributed by atoms with E-state index >= 15 is 0 Å². The molecule has 2 aromatic rings. The summed E-state index contributed by atoms with van der Waals surface area (Å²) < 4.78 is 5.36. The lowest BCUT2D eigenvalue weighted by Gasteiger charge is -2.26. The smallest absolute Gasteiger partial charge is 0.223 e. The zero-order valence-corrected chi connectivity index (χ0v) is 16.8. The Hall–Kier alpha value is -2.09. The van der Waals surface area contributed by atoms with E-state index in [1.165, 1.54) is 0 Å². The van der Waals surface area contributed by atoms with Crippen molar-refractivity contribution in [3.63, 3.8) is 0 Å². The molecule has 7 heteroatoms. The highest BCUT2D eigenvalue weighted by Gasteiger charge is 2.20. The van der Waals surface area contributed by atoms with E-state index in [-0.39, 0.29) is 11.9 Å². The lowest BCUT2D eigenvalue weighted by atomic mass is 9.93. The van der Waals surface area contributed by atoms with Crippen molar-refractivity contribution in [2.45, 2.75) is 50.7 Å². The Kier molecular flexibility index (Phi) is 6.69. The van der Waals surface area contributed by atoms with Crippen LogP contribution in [0.5, 0.6) is 0 Å².